The lowest BCUT2D eigenvalue weighted by Crippen LogP contribution is -2.60. The van der Waals surface area contributed by atoms with Crippen LogP contribution in [-0.2, 0) is 4.74 Å². The first-order valence-corrected chi connectivity index (χ1v) is 8.04. The van der Waals surface area contributed by atoms with Crippen LogP contribution in [0.15, 0.2) is 0 Å². The predicted molar refractivity (Wildman–Crippen MR) is 76.8 cm³/mol. The lowest BCUT2D eigenvalue weighted by atomic mass is 9.66. The maximum absolute atomic E-state index is 5.93. The van der Waals surface area contributed by atoms with Gasteiger partial charge in [0.05, 0.1) is 5.60 Å². The van der Waals surface area contributed by atoms with Crippen LogP contribution >= 0.6 is 0 Å². The van der Waals surface area contributed by atoms with E-state index in [-0.39, 0.29) is 5.60 Å². The quantitative estimate of drug-likeness (QED) is 0.778. The predicted octanol–water partition coefficient (Wildman–Crippen LogP) is 3.75. The van der Waals surface area contributed by atoms with E-state index in [0.29, 0.717) is 6.04 Å². The minimum Gasteiger partial charge on any atom is -0.377 e. The summed E-state index contributed by atoms with van der Waals surface area (Å²) in [5.41, 5.74) is 0.166. The summed E-state index contributed by atoms with van der Waals surface area (Å²) in [6, 6.07) is 0.596. The van der Waals surface area contributed by atoms with Crippen molar-refractivity contribution >= 4 is 0 Å². The highest BCUT2D eigenvalue weighted by atomic mass is 16.5. The molecule has 0 aromatic rings. The Morgan fingerprint density at radius 3 is 2.22 bits per heavy atom. The second kappa shape index (κ2) is 6.38. The van der Waals surface area contributed by atoms with Gasteiger partial charge in [-0.1, -0.05) is 33.1 Å². The highest BCUT2D eigenvalue weighted by molar-refractivity contribution is 5.03. The van der Waals surface area contributed by atoms with E-state index < -0.39 is 0 Å². The van der Waals surface area contributed by atoms with Gasteiger partial charge in [0.2, 0.25) is 0 Å². The van der Waals surface area contributed by atoms with Crippen LogP contribution in [0.3, 0.4) is 0 Å². The largest absolute Gasteiger partial charge is 0.377 e. The Bertz CT molecular complexity index is 236. The Balaban J connectivity index is 1.97. The number of methoxy groups -OCH3 is 1. The number of rotatable bonds is 6. The molecular formula is C16H31NO. The van der Waals surface area contributed by atoms with Crippen LogP contribution in [0, 0.1) is 11.8 Å². The van der Waals surface area contributed by atoms with Crippen LogP contribution in [-0.4, -0.2) is 25.3 Å². The summed E-state index contributed by atoms with van der Waals surface area (Å²) in [7, 11) is 1.92. The molecule has 18 heavy (non-hydrogen) atoms. The van der Waals surface area contributed by atoms with Crippen LogP contribution in [0.4, 0.5) is 0 Å². The van der Waals surface area contributed by atoms with Gasteiger partial charge in [-0.25, -0.2) is 0 Å². The van der Waals surface area contributed by atoms with Crippen LogP contribution in [0.25, 0.3) is 0 Å². The molecule has 2 heteroatoms. The lowest BCUT2D eigenvalue weighted by molar-refractivity contribution is -0.115. The second-order valence-corrected chi connectivity index (χ2v) is 6.35. The first-order chi connectivity index (χ1) is 8.75. The molecule has 0 heterocycles. The SMILES string of the molecule is CCNC(C1CCC(CC)CC1)C1(OC)CCC1. The number of ether oxygens (including phenoxy) is 1. The van der Waals surface area contributed by atoms with Crippen molar-refractivity contribution in [3.05, 3.63) is 0 Å². The molecule has 0 spiro atoms. The number of hydrogen-bond donors (Lipinski definition) is 1. The standard InChI is InChI=1S/C16H31NO/c1-4-13-7-9-14(10-8-13)15(17-5-2)16(18-3)11-6-12-16/h13-15,17H,4-12H2,1-3H3. The minimum atomic E-state index is 0.166. The average molecular weight is 253 g/mol. The van der Waals surface area contributed by atoms with Gasteiger partial charge in [-0.3, -0.25) is 0 Å². The fourth-order valence-corrected chi connectivity index (χ4v) is 4.10. The van der Waals surface area contributed by atoms with Crippen LogP contribution in [0.1, 0.15) is 65.2 Å². The van der Waals surface area contributed by atoms with E-state index >= 15 is 0 Å². The summed E-state index contributed by atoms with van der Waals surface area (Å²) in [4.78, 5) is 0. The van der Waals surface area contributed by atoms with Crippen molar-refractivity contribution in [3.63, 3.8) is 0 Å². The molecule has 2 aliphatic carbocycles. The zero-order chi connectivity index (χ0) is 13.0. The molecule has 0 bridgehead atoms. The summed E-state index contributed by atoms with van der Waals surface area (Å²) in [5, 5.41) is 3.75. The molecule has 2 fully saturated rings. The van der Waals surface area contributed by atoms with E-state index in [2.05, 4.69) is 19.2 Å². The molecule has 1 unspecified atom stereocenters. The number of hydrogen-bond acceptors (Lipinski definition) is 2. The molecule has 0 radical (unpaired) electrons. The van der Waals surface area contributed by atoms with E-state index in [1.165, 1.54) is 51.4 Å². The Labute approximate surface area is 113 Å². The van der Waals surface area contributed by atoms with Gasteiger partial charge >= 0.3 is 0 Å². The van der Waals surface area contributed by atoms with Crippen LogP contribution < -0.4 is 5.32 Å². The Morgan fingerprint density at radius 2 is 1.83 bits per heavy atom. The zero-order valence-corrected chi connectivity index (χ0v) is 12.5. The van der Waals surface area contributed by atoms with Gasteiger partial charge in [-0.15, -0.1) is 0 Å². The summed E-state index contributed by atoms with van der Waals surface area (Å²) in [6.07, 6.45) is 10.9. The summed E-state index contributed by atoms with van der Waals surface area (Å²) in [6.45, 7) is 5.64. The normalized spacial score (nSPS) is 32.8. The van der Waals surface area contributed by atoms with Crippen molar-refractivity contribution in [2.24, 2.45) is 11.8 Å². The van der Waals surface area contributed by atoms with Crippen molar-refractivity contribution in [3.8, 4) is 0 Å². The molecule has 2 nitrogen and oxygen atoms in total. The monoisotopic (exact) mass is 253 g/mol. The first-order valence-electron chi connectivity index (χ1n) is 8.04. The maximum atomic E-state index is 5.93. The van der Waals surface area contributed by atoms with Gasteiger partial charge in [0, 0.05) is 13.2 Å². The van der Waals surface area contributed by atoms with E-state index in [4.69, 9.17) is 4.74 Å². The third-order valence-electron chi connectivity index (χ3n) is 5.54. The Kier molecular flexibility index (Phi) is 5.08. The summed E-state index contributed by atoms with van der Waals surface area (Å²) in [5.74, 6) is 1.83. The molecule has 0 aliphatic heterocycles. The molecule has 1 atom stereocenters. The zero-order valence-electron chi connectivity index (χ0n) is 12.5. The van der Waals surface area contributed by atoms with Gasteiger partial charge in [0.25, 0.3) is 0 Å². The molecule has 2 saturated carbocycles. The van der Waals surface area contributed by atoms with Crippen molar-refractivity contribution in [2.45, 2.75) is 76.9 Å². The van der Waals surface area contributed by atoms with Crippen LogP contribution in [0.5, 0.6) is 0 Å². The molecule has 0 saturated heterocycles. The molecule has 1 N–H and O–H groups in total. The minimum absolute atomic E-state index is 0.166. The van der Waals surface area contributed by atoms with Gasteiger partial charge in [0.1, 0.15) is 0 Å². The van der Waals surface area contributed by atoms with Gasteiger partial charge < -0.3 is 10.1 Å². The van der Waals surface area contributed by atoms with Crippen molar-refractivity contribution in [2.75, 3.05) is 13.7 Å². The highest BCUT2D eigenvalue weighted by Crippen LogP contribution is 2.44. The van der Waals surface area contributed by atoms with E-state index in [1.807, 2.05) is 7.11 Å². The lowest BCUT2D eigenvalue weighted by Gasteiger charge is -2.51. The van der Waals surface area contributed by atoms with E-state index in [1.54, 1.807) is 0 Å². The fraction of sp³-hybridized carbons (Fsp3) is 1.00. The number of likely N-dealkylation sites (N-methyl/N-ethyl adjacent to an activating group) is 1. The Morgan fingerprint density at radius 1 is 1.17 bits per heavy atom. The van der Waals surface area contributed by atoms with Crippen molar-refractivity contribution in [1.29, 1.82) is 0 Å². The molecule has 0 amide bonds. The third-order valence-corrected chi connectivity index (χ3v) is 5.54. The van der Waals surface area contributed by atoms with Crippen molar-refractivity contribution in [1.82, 2.24) is 5.32 Å². The average Bonchev–Trinajstić information content (AvgIpc) is 2.37. The van der Waals surface area contributed by atoms with Gasteiger partial charge in [0.15, 0.2) is 0 Å². The Hall–Kier alpha value is -0.0800. The molecular weight excluding hydrogens is 222 g/mol. The molecule has 106 valence electrons. The van der Waals surface area contributed by atoms with Crippen molar-refractivity contribution < 1.29 is 4.74 Å². The number of nitrogens with one attached hydrogen (secondary N) is 1. The topological polar surface area (TPSA) is 21.3 Å². The first kappa shape index (κ1) is 14.3. The second-order valence-electron chi connectivity index (χ2n) is 6.35. The fourth-order valence-electron chi connectivity index (χ4n) is 4.10. The summed E-state index contributed by atoms with van der Waals surface area (Å²) >= 11 is 0. The third kappa shape index (κ3) is 2.75. The van der Waals surface area contributed by atoms with E-state index in [9.17, 15) is 0 Å². The molecule has 0 aromatic carbocycles. The molecule has 2 rings (SSSR count). The highest BCUT2D eigenvalue weighted by Gasteiger charge is 2.47. The smallest absolute Gasteiger partial charge is 0.0833 e. The molecule has 2 aliphatic rings. The maximum Gasteiger partial charge on any atom is 0.0833 e. The van der Waals surface area contributed by atoms with E-state index in [0.717, 1.165) is 18.4 Å². The molecule has 0 aromatic heterocycles. The van der Waals surface area contributed by atoms with Gasteiger partial charge in [-0.2, -0.15) is 0 Å². The van der Waals surface area contributed by atoms with Gasteiger partial charge in [-0.05, 0) is 50.5 Å². The van der Waals surface area contributed by atoms with Crippen LogP contribution in [0.2, 0.25) is 0 Å². The summed E-state index contributed by atoms with van der Waals surface area (Å²) < 4.78 is 5.93.